The third-order valence-electron chi connectivity index (χ3n) is 2.66. The summed E-state index contributed by atoms with van der Waals surface area (Å²) in [6, 6.07) is 10.2. The number of hydrogen-bond donors (Lipinski definition) is 1. The second-order valence-corrected chi connectivity index (χ2v) is 5.68. The Labute approximate surface area is 113 Å². The molecule has 1 atom stereocenters. The second-order valence-electron chi connectivity index (χ2n) is 4.51. The van der Waals surface area contributed by atoms with Crippen molar-refractivity contribution in [3.8, 4) is 11.8 Å². The standard InChI is InChI=1S/C14H20N2OS/c1-14(16,11-15)8-3-4-9-18-13-7-5-6-12(10-13)17-2/h5-7,10H,3-4,8-9,16H2,1-2H3. The smallest absolute Gasteiger partial charge is 0.119 e. The van der Waals surface area contributed by atoms with Gasteiger partial charge in [0.1, 0.15) is 11.3 Å². The van der Waals surface area contributed by atoms with Crippen LogP contribution in [0.4, 0.5) is 0 Å². The minimum atomic E-state index is -0.680. The average molecular weight is 264 g/mol. The molecule has 0 radical (unpaired) electrons. The van der Waals surface area contributed by atoms with Gasteiger partial charge < -0.3 is 10.5 Å². The molecule has 0 saturated carbocycles. The van der Waals surface area contributed by atoms with Crippen LogP contribution >= 0.6 is 11.8 Å². The van der Waals surface area contributed by atoms with E-state index in [-0.39, 0.29) is 0 Å². The lowest BCUT2D eigenvalue weighted by atomic mass is 9.99. The first-order valence-electron chi connectivity index (χ1n) is 6.04. The Morgan fingerprint density at radius 1 is 1.44 bits per heavy atom. The molecule has 0 heterocycles. The molecule has 0 aliphatic rings. The number of thioether (sulfide) groups is 1. The van der Waals surface area contributed by atoms with E-state index in [9.17, 15) is 0 Å². The van der Waals surface area contributed by atoms with Crippen LogP contribution in [-0.4, -0.2) is 18.4 Å². The van der Waals surface area contributed by atoms with Crippen LogP contribution in [0.2, 0.25) is 0 Å². The molecule has 3 nitrogen and oxygen atoms in total. The summed E-state index contributed by atoms with van der Waals surface area (Å²) in [6.07, 6.45) is 2.80. The van der Waals surface area contributed by atoms with Gasteiger partial charge in [-0.25, -0.2) is 0 Å². The summed E-state index contributed by atoms with van der Waals surface area (Å²) in [5.74, 6) is 1.92. The predicted octanol–water partition coefficient (Wildman–Crippen LogP) is 3.20. The van der Waals surface area contributed by atoms with Gasteiger partial charge in [0, 0.05) is 4.90 Å². The summed E-state index contributed by atoms with van der Waals surface area (Å²) >= 11 is 1.80. The van der Waals surface area contributed by atoms with E-state index in [0.29, 0.717) is 0 Å². The lowest BCUT2D eigenvalue weighted by Crippen LogP contribution is -2.33. The van der Waals surface area contributed by atoms with Crippen LogP contribution < -0.4 is 10.5 Å². The highest BCUT2D eigenvalue weighted by atomic mass is 32.2. The number of ether oxygens (including phenoxy) is 1. The fourth-order valence-electron chi connectivity index (χ4n) is 1.53. The quantitative estimate of drug-likeness (QED) is 0.607. The molecule has 0 aliphatic heterocycles. The lowest BCUT2D eigenvalue weighted by molar-refractivity contribution is 0.413. The van der Waals surface area contributed by atoms with Crippen LogP contribution in [0, 0.1) is 11.3 Å². The topological polar surface area (TPSA) is 59.0 Å². The lowest BCUT2D eigenvalue weighted by Gasteiger charge is -2.14. The van der Waals surface area contributed by atoms with Gasteiger partial charge >= 0.3 is 0 Å². The average Bonchev–Trinajstić information content (AvgIpc) is 2.38. The van der Waals surface area contributed by atoms with Crippen LogP contribution in [-0.2, 0) is 0 Å². The van der Waals surface area contributed by atoms with Gasteiger partial charge in [-0.1, -0.05) is 6.07 Å². The van der Waals surface area contributed by atoms with E-state index in [4.69, 9.17) is 15.7 Å². The molecule has 98 valence electrons. The van der Waals surface area contributed by atoms with Crippen molar-refractivity contribution in [1.29, 1.82) is 5.26 Å². The maximum absolute atomic E-state index is 8.79. The summed E-state index contributed by atoms with van der Waals surface area (Å²) in [7, 11) is 1.67. The highest BCUT2D eigenvalue weighted by Gasteiger charge is 2.15. The number of benzene rings is 1. The maximum atomic E-state index is 8.79. The van der Waals surface area contributed by atoms with Crippen molar-refractivity contribution in [1.82, 2.24) is 0 Å². The van der Waals surface area contributed by atoms with Gasteiger partial charge in [-0.15, -0.1) is 11.8 Å². The third kappa shape index (κ3) is 5.44. The fourth-order valence-corrected chi connectivity index (χ4v) is 2.49. The van der Waals surface area contributed by atoms with Crippen molar-refractivity contribution < 1.29 is 4.74 Å². The Morgan fingerprint density at radius 2 is 2.22 bits per heavy atom. The van der Waals surface area contributed by atoms with Crippen molar-refractivity contribution in [3.63, 3.8) is 0 Å². The molecule has 4 heteroatoms. The number of methoxy groups -OCH3 is 1. The first-order valence-corrected chi connectivity index (χ1v) is 7.03. The van der Waals surface area contributed by atoms with Gasteiger partial charge in [0.2, 0.25) is 0 Å². The van der Waals surface area contributed by atoms with Gasteiger partial charge in [0.15, 0.2) is 0 Å². The summed E-state index contributed by atoms with van der Waals surface area (Å²) in [4.78, 5) is 1.21. The monoisotopic (exact) mass is 264 g/mol. The minimum Gasteiger partial charge on any atom is -0.497 e. The molecule has 0 fully saturated rings. The van der Waals surface area contributed by atoms with Gasteiger partial charge in [0.05, 0.1) is 13.2 Å². The molecule has 0 aromatic heterocycles. The van der Waals surface area contributed by atoms with Crippen LogP contribution in [0.3, 0.4) is 0 Å². The van der Waals surface area contributed by atoms with E-state index >= 15 is 0 Å². The summed E-state index contributed by atoms with van der Waals surface area (Å²) in [5.41, 5.74) is 5.08. The zero-order chi connectivity index (χ0) is 13.4. The summed E-state index contributed by atoms with van der Waals surface area (Å²) in [5, 5.41) is 8.79. The Balaban J connectivity index is 2.24. The maximum Gasteiger partial charge on any atom is 0.119 e. The molecular weight excluding hydrogens is 244 g/mol. The molecule has 0 aliphatic carbocycles. The van der Waals surface area contributed by atoms with Crippen molar-refractivity contribution >= 4 is 11.8 Å². The molecule has 1 rings (SSSR count). The number of unbranched alkanes of at least 4 members (excludes halogenated alkanes) is 1. The van der Waals surface area contributed by atoms with E-state index in [1.165, 1.54) is 4.90 Å². The summed E-state index contributed by atoms with van der Waals surface area (Å²) in [6.45, 7) is 1.78. The van der Waals surface area contributed by atoms with Crippen molar-refractivity contribution in [2.75, 3.05) is 12.9 Å². The van der Waals surface area contributed by atoms with Crippen LogP contribution in [0.5, 0.6) is 5.75 Å². The number of nitrogens with two attached hydrogens (primary N) is 1. The first-order chi connectivity index (χ1) is 8.57. The molecule has 0 amide bonds. The Morgan fingerprint density at radius 3 is 2.89 bits per heavy atom. The van der Waals surface area contributed by atoms with Gasteiger partial charge in [-0.05, 0) is 50.1 Å². The zero-order valence-corrected chi connectivity index (χ0v) is 11.8. The largest absolute Gasteiger partial charge is 0.497 e. The predicted molar refractivity (Wildman–Crippen MR) is 75.8 cm³/mol. The normalized spacial score (nSPS) is 13.7. The van der Waals surface area contributed by atoms with Crippen LogP contribution in [0.1, 0.15) is 26.2 Å². The van der Waals surface area contributed by atoms with E-state index < -0.39 is 5.54 Å². The summed E-state index contributed by atoms with van der Waals surface area (Å²) < 4.78 is 5.18. The van der Waals surface area contributed by atoms with Crippen molar-refractivity contribution in [2.45, 2.75) is 36.6 Å². The Kier molecular flexibility index (Phi) is 6.03. The van der Waals surface area contributed by atoms with Crippen molar-refractivity contribution in [2.24, 2.45) is 5.73 Å². The molecule has 0 bridgehead atoms. The first kappa shape index (κ1) is 14.9. The molecule has 1 unspecified atom stereocenters. The highest BCUT2D eigenvalue weighted by Crippen LogP contribution is 2.24. The van der Waals surface area contributed by atoms with E-state index in [1.807, 2.05) is 18.2 Å². The fraction of sp³-hybridized carbons (Fsp3) is 0.500. The molecule has 1 aromatic carbocycles. The molecule has 0 saturated heterocycles. The van der Waals surface area contributed by atoms with Gasteiger partial charge in [-0.2, -0.15) is 5.26 Å². The van der Waals surface area contributed by atoms with E-state index in [1.54, 1.807) is 25.8 Å². The molecular formula is C14H20N2OS. The molecule has 2 N–H and O–H groups in total. The zero-order valence-electron chi connectivity index (χ0n) is 11.0. The van der Waals surface area contributed by atoms with Gasteiger partial charge in [0.25, 0.3) is 0 Å². The van der Waals surface area contributed by atoms with Crippen molar-refractivity contribution in [3.05, 3.63) is 24.3 Å². The second kappa shape index (κ2) is 7.30. The Bertz CT molecular complexity index is 413. The highest BCUT2D eigenvalue weighted by molar-refractivity contribution is 7.99. The molecule has 0 spiro atoms. The number of nitriles is 1. The van der Waals surface area contributed by atoms with Crippen LogP contribution in [0.15, 0.2) is 29.2 Å². The van der Waals surface area contributed by atoms with Gasteiger partial charge in [-0.3, -0.25) is 0 Å². The molecule has 18 heavy (non-hydrogen) atoms. The number of nitrogens with zero attached hydrogens (tertiary/aromatic N) is 1. The number of hydrogen-bond acceptors (Lipinski definition) is 4. The number of rotatable bonds is 7. The third-order valence-corrected chi connectivity index (χ3v) is 3.74. The minimum absolute atomic E-state index is 0.680. The Hall–Kier alpha value is -1.18. The van der Waals surface area contributed by atoms with Crippen LogP contribution in [0.25, 0.3) is 0 Å². The van der Waals surface area contributed by atoms with E-state index in [2.05, 4.69) is 12.1 Å². The SMILES string of the molecule is COc1cccc(SCCCCC(C)(N)C#N)c1. The molecule has 1 aromatic rings. The van der Waals surface area contributed by atoms with E-state index in [0.717, 1.165) is 30.8 Å².